The second kappa shape index (κ2) is 9.23. The number of hydrogen-bond donors (Lipinski definition) is 2. The number of phenols is 1. The van der Waals surface area contributed by atoms with Crippen LogP contribution in [0.25, 0.3) is 26.6 Å². The van der Waals surface area contributed by atoms with Crippen molar-refractivity contribution in [2.45, 2.75) is 19.5 Å². The van der Waals surface area contributed by atoms with Gasteiger partial charge in [0.1, 0.15) is 11.5 Å². The van der Waals surface area contributed by atoms with E-state index in [0.29, 0.717) is 37.6 Å². The van der Waals surface area contributed by atoms with Gasteiger partial charge in [-0.1, -0.05) is 35.9 Å². The van der Waals surface area contributed by atoms with E-state index < -0.39 is 18.6 Å². The Hall–Kier alpha value is -3.78. The van der Waals surface area contributed by atoms with Gasteiger partial charge < -0.3 is 14.9 Å². The van der Waals surface area contributed by atoms with Gasteiger partial charge in [0.05, 0.1) is 11.3 Å². The molecule has 4 nitrogen and oxygen atoms in total. The molecule has 0 saturated carbocycles. The van der Waals surface area contributed by atoms with E-state index in [-0.39, 0.29) is 11.3 Å². The molecule has 34 heavy (non-hydrogen) atoms. The highest BCUT2D eigenvalue weighted by Crippen LogP contribution is 2.48. The molecule has 1 aromatic heterocycles. The Kier molecular flexibility index (Phi) is 6.34. The first-order chi connectivity index (χ1) is 16.1. The highest BCUT2D eigenvalue weighted by atomic mass is 32.1. The molecule has 2 N–H and O–H groups in total. The molecule has 0 aliphatic heterocycles. The minimum absolute atomic E-state index is 0.0428. The monoisotopic (exact) mass is 484 g/mol. The van der Waals surface area contributed by atoms with Crippen LogP contribution in [0.2, 0.25) is 0 Å². The first-order valence-electron chi connectivity index (χ1n) is 10.2. The fourth-order valence-electron chi connectivity index (χ4n) is 3.54. The van der Waals surface area contributed by atoms with Crippen LogP contribution in [-0.2, 0) is 11.2 Å². The van der Waals surface area contributed by atoms with Crippen LogP contribution in [0.4, 0.5) is 13.2 Å². The Labute approximate surface area is 197 Å². The summed E-state index contributed by atoms with van der Waals surface area (Å²) in [6, 6.07) is 16.2. The number of phenolic OH excluding ortho intramolecular Hbond substituents is 1. The second-order valence-electron chi connectivity index (χ2n) is 7.74. The van der Waals surface area contributed by atoms with Gasteiger partial charge in [-0.15, -0.1) is 11.3 Å². The van der Waals surface area contributed by atoms with E-state index in [1.165, 1.54) is 29.5 Å². The van der Waals surface area contributed by atoms with Gasteiger partial charge in [0.15, 0.2) is 5.75 Å². The molecule has 0 amide bonds. The predicted molar refractivity (Wildman–Crippen MR) is 127 cm³/mol. The maximum absolute atomic E-state index is 13.3. The number of ether oxygens (including phenoxy) is 1. The second-order valence-corrected chi connectivity index (χ2v) is 8.79. The Balaban J connectivity index is 1.82. The summed E-state index contributed by atoms with van der Waals surface area (Å²) in [7, 11) is 0. The van der Waals surface area contributed by atoms with E-state index in [1.54, 1.807) is 48.5 Å². The lowest BCUT2D eigenvalue weighted by Crippen LogP contribution is -2.12. The quantitative estimate of drug-likeness (QED) is 0.277. The smallest absolute Gasteiger partial charge is 0.393 e. The maximum Gasteiger partial charge on any atom is 0.393 e. The van der Waals surface area contributed by atoms with Gasteiger partial charge in [-0.2, -0.15) is 13.2 Å². The van der Waals surface area contributed by atoms with E-state index in [0.717, 1.165) is 11.6 Å². The number of hydrogen-bond acceptors (Lipinski definition) is 4. The summed E-state index contributed by atoms with van der Waals surface area (Å²) in [5.41, 5.74) is 2.02. The van der Waals surface area contributed by atoms with Gasteiger partial charge in [-0.25, -0.2) is 4.79 Å². The highest BCUT2D eigenvalue weighted by Gasteiger charge is 2.30. The third-order valence-electron chi connectivity index (χ3n) is 5.05. The molecule has 0 atom stereocenters. The number of benzene rings is 3. The Morgan fingerprint density at radius 1 is 1.06 bits per heavy atom. The molecule has 8 heteroatoms. The van der Waals surface area contributed by atoms with Crippen molar-refractivity contribution in [3.8, 4) is 27.7 Å². The summed E-state index contributed by atoms with van der Waals surface area (Å²) >= 11 is 1.24. The third kappa shape index (κ3) is 5.40. The van der Waals surface area contributed by atoms with E-state index in [9.17, 15) is 23.1 Å². The molecular formula is C26H19F3O4S. The number of aliphatic carboxylic acids is 1. The number of thiophene rings is 1. The Morgan fingerprint density at radius 3 is 2.47 bits per heavy atom. The van der Waals surface area contributed by atoms with Gasteiger partial charge >= 0.3 is 12.1 Å². The molecule has 0 spiro atoms. The van der Waals surface area contributed by atoms with Crippen LogP contribution >= 0.6 is 11.3 Å². The number of aryl methyl sites for hydroxylation is 1. The number of carboxylic acids is 1. The normalized spacial score (nSPS) is 11.9. The first kappa shape index (κ1) is 23.4. The third-order valence-corrected chi connectivity index (χ3v) is 6.21. The van der Waals surface area contributed by atoms with Crippen molar-refractivity contribution in [2.24, 2.45) is 0 Å². The fourth-order valence-corrected chi connectivity index (χ4v) is 4.76. The molecule has 0 fully saturated rings. The zero-order chi connectivity index (χ0) is 24.5. The summed E-state index contributed by atoms with van der Waals surface area (Å²) in [4.78, 5) is 11.2. The van der Waals surface area contributed by atoms with E-state index >= 15 is 0 Å². The molecule has 3 aromatic carbocycles. The fraction of sp³-hybridized carbons (Fsp3) is 0.115. The van der Waals surface area contributed by atoms with Crippen LogP contribution in [-0.4, -0.2) is 22.4 Å². The van der Waals surface area contributed by atoms with Crippen molar-refractivity contribution in [3.63, 3.8) is 0 Å². The summed E-state index contributed by atoms with van der Waals surface area (Å²) in [5, 5.41) is 19.4. The average molecular weight is 484 g/mol. The molecule has 0 aliphatic rings. The SMILES string of the molecule is Cc1ccc(CC(F)(F)F)c(-c2sc3cc(O)ccc3c2Oc2ccc(/C=C/C(=O)O)cc2)c1. The lowest BCUT2D eigenvalue weighted by Gasteiger charge is -2.14. The largest absolute Gasteiger partial charge is 0.508 e. The lowest BCUT2D eigenvalue weighted by molar-refractivity contribution is -0.131. The first-order valence-corrected chi connectivity index (χ1v) is 11.0. The molecule has 0 saturated heterocycles. The van der Waals surface area contributed by atoms with Crippen LogP contribution in [0.15, 0.2) is 66.7 Å². The van der Waals surface area contributed by atoms with E-state index in [4.69, 9.17) is 9.84 Å². The Morgan fingerprint density at radius 2 is 1.79 bits per heavy atom. The van der Waals surface area contributed by atoms with E-state index in [2.05, 4.69) is 0 Å². The molecule has 4 aromatic rings. The van der Waals surface area contributed by atoms with Crippen LogP contribution in [0, 0.1) is 6.92 Å². The van der Waals surface area contributed by atoms with Crippen molar-refractivity contribution in [3.05, 3.63) is 83.4 Å². The summed E-state index contributed by atoms with van der Waals surface area (Å²) in [5.74, 6) is -0.193. The van der Waals surface area contributed by atoms with Crippen molar-refractivity contribution < 1.29 is 32.9 Å². The number of alkyl halides is 3. The molecule has 0 unspecified atom stereocenters. The Bertz CT molecular complexity index is 1390. The van der Waals surface area contributed by atoms with Gasteiger partial charge in [0.25, 0.3) is 0 Å². The lowest BCUT2D eigenvalue weighted by atomic mass is 9.99. The predicted octanol–water partition coefficient (Wildman–Crippen LogP) is 7.58. The number of carbonyl (C=O) groups is 1. The number of aromatic hydroxyl groups is 1. The molecule has 174 valence electrons. The number of fused-ring (bicyclic) bond motifs is 1. The molecule has 4 rings (SSSR count). The van der Waals surface area contributed by atoms with Crippen molar-refractivity contribution in [1.29, 1.82) is 0 Å². The maximum atomic E-state index is 13.3. The molecular weight excluding hydrogens is 465 g/mol. The van der Waals surface area contributed by atoms with Crippen molar-refractivity contribution in [2.75, 3.05) is 0 Å². The van der Waals surface area contributed by atoms with Gasteiger partial charge in [-0.05, 0) is 60.0 Å². The van der Waals surface area contributed by atoms with Crippen LogP contribution < -0.4 is 4.74 Å². The topological polar surface area (TPSA) is 66.8 Å². The van der Waals surface area contributed by atoms with Crippen molar-refractivity contribution in [1.82, 2.24) is 0 Å². The van der Waals surface area contributed by atoms with E-state index in [1.807, 2.05) is 6.92 Å². The van der Waals surface area contributed by atoms with Crippen LogP contribution in [0.5, 0.6) is 17.2 Å². The number of carboxylic acid groups (broad SMARTS) is 1. The highest BCUT2D eigenvalue weighted by molar-refractivity contribution is 7.22. The van der Waals surface area contributed by atoms with Gasteiger partial charge in [-0.3, -0.25) is 0 Å². The minimum Gasteiger partial charge on any atom is -0.508 e. The number of halogens is 3. The molecule has 0 bridgehead atoms. The molecule has 1 heterocycles. The molecule has 0 radical (unpaired) electrons. The van der Waals surface area contributed by atoms with Crippen LogP contribution in [0.3, 0.4) is 0 Å². The minimum atomic E-state index is -4.38. The standard InChI is InChI=1S/C26H19F3O4S/c1-15-2-6-17(14-26(27,28)29)21(12-15)25-24(20-10-7-18(30)13-22(20)34-25)33-19-8-3-16(4-9-19)5-11-23(31)32/h2-13,30H,14H2,1H3,(H,31,32)/b11-5+. The van der Waals surface area contributed by atoms with Gasteiger partial charge in [0.2, 0.25) is 0 Å². The summed E-state index contributed by atoms with van der Waals surface area (Å²) < 4.78 is 46.7. The summed E-state index contributed by atoms with van der Waals surface area (Å²) in [6.07, 6.45) is -2.99. The zero-order valence-corrected chi connectivity index (χ0v) is 18.7. The molecule has 0 aliphatic carbocycles. The van der Waals surface area contributed by atoms with Crippen LogP contribution in [0.1, 0.15) is 16.7 Å². The summed E-state index contributed by atoms with van der Waals surface area (Å²) in [6.45, 7) is 1.81. The van der Waals surface area contributed by atoms with Crippen molar-refractivity contribution >= 4 is 33.5 Å². The van der Waals surface area contributed by atoms with Gasteiger partial charge in [0, 0.05) is 16.2 Å². The number of rotatable bonds is 6. The zero-order valence-electron chi connectivity index (χ0n) is 17.9. The average Bonchev–Trinajstić information content (AvgIpc) is 3.10.